The Morgan fingerprint density at radius 3 is 2.88 bits per heavy atom. The standard InChI is InChI=1S/C20H20N2O3/c23-20(21-13-16-7-4-10-24-16)15-8-9-17-18(12-15)25-19(22-17)11-14-5-2-1-3-6-14/h1-3,5-6,8-9,12,16H,4,7,10-11,13H2,(H,21,23)/t16-/m0/s1. The number of rotatable bonds is 5. The molecule has 1 aromatic heterocycles. The smallest absolute Gasteiger partial charge is 0.251 e. The van der Waals surface area contributed by atoms with Crippen molar-refractivity contribution in [3.8, 4) is 0 Å². The molecule has 25 heavy (non-hydrogen) atoms. The van der Waals surface area contributed by atoms with Gasteiger partial charge in [-0.2, -0.15) is 0 Å². The Morgan fingerprint density at radius 1 is 1.20 bits per heavy atom. The van der Waals surface area contributed by atoms with Crippen LogP contribution in [0.25, 0.3) is 11.1 Å². The van der Waals surface area contributed by atoms with Gasteiger partial charge < -0.3 is 14.5 Å². The number of oxazole rings is 1. The minimum Gasteiger partial charge on any atom is -0.440 e. The predicted molar refractivity (Wildman–Crippen MR) is 94.6 cm³/mol. The number of hydrogen-bond donors (Lipinski definition) is 1. The predicted octanol–water partition coefficient (Wildman–Crippen LogP) is 3.33. The summed E-state index contributed by atoms with van der Waals surface area (Å²) in [4.78, 5) is 16.8. The quantitative estimate of drug-likeness (QED) is 0.776. The third-order valence-corrected chi connectivity index (χ3v) is 4.41. The fourth-order valence-electron chi connectivity index (χ4n) is 3.07. The lowest BCUT2D eigenvalue weighted by Crippen LogP contribution is -2.31. The number of amides is 1. The molecule has 1 aliphatic heterocycles. The van der Waals surface area contributed by atoms with E-state index in [0.717, 1.165) is 30.5 Å². The van der Waals surface area contributed by atoms with Gasteiger partial charge in [-0.15, -0.1) is 0 Å². The van der Waals surface area contributed by atoms with Gasteiger partial charge in [0, 0.05) is 25.1 Å². The second-order valence-corrected chi connectivity index (χ2v) is 6.30. The molecule has 0 unspecified atom stereocenters. The maximum atomic E-state index is 12.3. The van der Waals surface area contributed by atoms with Crippen molar-refractivity contribution in [1.82, 2.24) is 10.3 Å². The highest BCUT2D eigenvalue weighted by molar-refractivity contribution is 5.97. The number of nitrogens with one attached hydrogen (secondary N) is 1. The Kier molecular flexibility index (Phi) is 4.48. The summed E-state index contributed by atoms with van der Waals surface area (Å²) in [6, 6.07) is 15.4. The molecule has 2 aromatic carbocycles. The van der Waals surface area contributed by atoms with E-state index in [2.05, 4.69) is 10.3 Å². The normalized spacial score (nSPS) is 17.0. The SMILES string of the molecule is O=C(NC[C@@H]1CCCO1)c1ccc2nc(Cc3ccccc3)oc2c1. The van der Waals surface area contributed by atoms with Gasteiger partial charge in [0.25, 0.3) is 5.91 Å². The third kappa shape index (κ3) is 3.72. The molecule has 0 radical (unpaired) electrons. The van der Waals surface area contributed by atoms with Crippen LogP contribution in [0.1, 0.15) is 34.7 Å². The Balaban J connectivity index is 1.46. The molecular weight excluding hydrogens is 316 g/mol. The summed E-state index contributed by atoms with van der Waals surface area (Å²) >= 11 is 0. The van der Waals surface area contributed by atoms with E-state index < -0.39 is 0 Å². The third-order valence-electron chi connectivity index (χ3n) is 4.41. The van der Waals surface area contributed by atoms with Crippen LogP contribution in [0.4, 0.5) is 0 Å². The first-order valence-corrected chi connectivity index (χ1v) is 8.61. The average Bonchev–Trinajstić information content (AvgIpc) is 3.29. The molecule has 0 aliphatic carbocycles. The Morgan fingerprint density at radius 2 is 2.08 bits per heavy atom. The van der Waals surface area contributed by atoms with Crippen molar-refractivity contribution in [3.63, 3.8) is 0 Å². The first-order valence-electron chi connectivity index (χ1n) is 8.61. The first-order chi connectivity index (χ1) is 12.3. The van der Waals surface area contributed by atoms with Gasteiger partial charge in [-0.3, -0.25) is 4.79 Å². The maximum absolute atomic E-state index is 12.3. The van der Waals surface area contributed by atoms with E-state index in [-0.39, 0.29) is 12.0 Å². The Bertz CT molecular complexity index is 867. The highest BCUT2D eigenvalue weighted by Gasteiger charge is 2.17. The number of carbonyl (C=O) groups is 1. The van der Waals surface area contributed by atoms with Crippen molar-refractivity contribution in [1.29, 1.82) is 0 Å². The fourth-order valence-corrected chi connectivity index (χ4v) is 3.07. The van der Waals surface area contributed by atoms with Crippen LogP contribution in [0, 0.1) is 0 Å². The van der Waals surface area contributed by atoms with E-state index >= 15 is 0 Å². The Labute approximate surface area is 146 Å². The van der Waals surface area contributed by atoms with Crippen LogP contribution in [0.3, 0.4) is 0 Å². The van der Waals surface area contributed by atoms with Crippen LogP contribution in [0.2, 0.25) is 0 Å². The monoisotopic (exact) mass is 336 g/mol. The molecule has 4 rings (SSSR count). The van der Waals surface area contributed by atoms with Crippen LogP contribution in [0.15, 0.2) is 52.9 Å². The second kappa shape index (κ2) is 7.07. The second-order valence-electron chi connectivity index (χ2n) is 6.30. The topological polar surface area (TPSA) is 64.4 Å². The van der Waals surface area contributed by atoms with Crippen molar-refractivity contribution in [2.24, 2.45) is 0 Å². The number of fused-ring (bicyclic) bond motifs is 1. The van der Waals surface area contributed by atoms with E-state index in [9.17, 15) is 4.79 Å². The van der Waals surface area contributed by atoms with Gasteiger partial charge in [0.2, 0.25) is 0 Å². The lowest BCUT2D eigenvalue weighted by Gasteiger charge is -2.10. The molecule has 0 saturated carbocycles. The summed E-state index contributed by atoms with van der Waals surface area (Å²) < 4.78 is 11.4. The molecule has 1 aliphatic rings. The van der Waals surface area contributed by atoms with Gasteiger partial charge in [0.05, 0.1) is 6.10 Å². The van der Waals surface area contributed by atoms with Gasteiger partial charge in [-0.1, -0.05) is 30.3 Å². The number of aromatic nitrogens is 1. The molecule has 5 heteroatoms. The highest BCUT2D eigenvalue weighted by Crippen LogP contribution is 2.19. The van der Waals surface area contributed by atoms with Crippen LogP contribution < -0.4 is 5.32 Å². The molecule has 1 saturated heterocycles. The van der Waals surface area contributed by atoms with Gasteiger partial charge in [-0.05, 0) is 36.6 Å². The highest BCUT2D eigenvalue weighted by atomic mass is 16.5. The number of nitrogens with zero attached hydrogens (tertiary/aromatic N) is 1. The zero-order valence-corrected chi connectivity index (χ0v) is 13.9. The van der Waals surface area contributed by atoms with Crippen LogP contribution >= 0.6 is 0 Å². The first kappa shape index (κ1) is 15.8. The Hall–Kier alpha value is -2.66. The summed E-state index contributed by atoms with van der Waals surface area (Å²) in [5.74, 6) is 0.538. The summed E-state index contributed by atoms with van der Waals surface area (Å²) in [6.07, 6.45) is 2.84. The summed E-state index contributed by atoms with van der Waals surface area (Å²) in [7, 11) is 0. The minimum absolute atomic E-state index is 0.113. The van der Waals surface area contributed by atoms with Crippen molar-refractivity contribution in [2.75, 3.05) is 13.2 Å². The molecule has 2 heterocycles. The van der Waals surface area contributed by atoms with Crippen LogP contribution in [-0.2, 0) is 11.2 Å². The van der Waals surface area contributed by atoms with E-state index in [4.69, 9.17) is 9.15 Å². The zero-order valence-electron chi connectivity index (χ0n) is 13.9. The van der Waals surface area contributed by atoms with Gasteiger partial charge in [0.15, 0.2) is 11.5 Å². The number of ether oxygens (including phenoxy) is 1. The largest absolute Gasteiger partial charge is 0.440 e. The minimum atomic E-state index is -0.113. The van der Waals surface area contributed by atoms with E-state index in [1.54, 1.807) is 12.1 Å². The molecule has 128 valence electrons. The summed E-state index contributed by atoms with van der Waals surface area (Å²) in [5.41, 5.74) is 3.12. The maximum Gasteiger partial charge on any atom is 0.251 e. The van der Waals surface area contributed by atoms with E-state index in [0.29, 0.717) is 30.0 Å². The molecule has 1 atom stereocenters. The van der Waals surface area contributed by atoms with E-state index in [1.165, 1.54) is 0 Å². The number of carbonyl (C=O) groups excluding carboxylic acids is 1. The molecule has 3 aromatic rings. The zero-order chi connectivity index (χ0) is 17.1. The molecule has 1 amide bonds. The number of hydrogen-bond acceptors (Lipinski definition) is 4. The van der Waals surface area contributed by atoms with Crippen molar-refractivity contribution in [2.45, 2.75) is 25.4 Å². The van der Waals surface area contributed by atoms with Crippen molar-refractivity contribution >= 4 is 17.0 Å². The molecule has 0 bridgehead atoms. The molecule has 0 spiro atoms. The lowest BCUT2D eigenvalue weighted by atomic mass is 10.1. The summed E-state index contributed by atoms with van der Waals surface area (Å²) in [5, 5.41) is 2.93. The van der Waals surface area contributed by atoms with E-state index in [1.807, 2.05) is 36.4 Å². The van der Waals surface area contributed by atoms with Crippen molar-refractivity contribution in [3.05, 3.63) is 65.5 Å². The van der Waals surface area contributed by atoms with Crippen LogP contribution in [-0.4, -0.2) is 30.1 Å². The van der Waals surface area contributed by atoms with Crippen molar-refractivity contribution < 1.29 is 13.9 Å². The number of benzene rings is 2. The molecule has 1 fully saturated rings. The van der Waals surface area contributed by atoms with Gasteiger partial charge in [-0.25, -0.2) is 4.98 Å². The van der Waals surface area contributed by atoms with Gasteiger partial charge >= 0.3 is 0 Å². The molecule has 5 nitrogen and oxygen atoms in total. The summed E-state index contributed by atoms with van der Waals surface area (Å²) in [6.45, 7) is 1.33. The fraction of sp³-hybridized carbons (Fsp3) is 0.300. The lowest BCUT2D eigenvalue weighted by molar-refractivity contribution is 0.0858. The molecular formula is C20H20N2O3. The van der Waals surface area contributed by atoms with Gasteiger partial charge in [0.1, 0.15) is 5.52 Å². The molecule has 1 N–H and O–H groups in total. The average molecular weight is 336 g/mol. The van der Waals surface area contributed by atoms with Crippen LogP contribution in [0.5, 0.6) is 0 Å².